The van der Waals surface area contributed by atoms with Crippen molar-refractivity contribution in [2.24, 2.45) is 5.73 Å². The highest BCUT2D eigenvalue weighted by Gasteiger charge is 2.24. The van der Waals surface area contributed by atoms with E-state index in [1.54, 1.807) is 13.1 Å². The van der Waals surface area contributed by atoms with Gasteiger partial charge in [0.1, 0.15) is 25.4 Å². The number of ether oxygens (including phenoxy) is 3. The van der Waals surface area contributed by atoms with Gasteiger partial charge in [0.15, 0.2) is 5.82 Å². The second kappa shape index (κ2) is 9.50. The number of esters is 1. The summed E-state index contributed by atoms with van der Waals surface area (Å²) in [4.78, 5) is 42.0. The van der Waals surface area contributed by atoms with Crippen LogP contribution in [0.4, 0.5) is 5.82 Å². The first-order chi connectivity index (χ1) is 16.4. The Labute approximate surface area is 191 Å². The van der Waals surface area contributed by atoms with Crippen molar-refractivity contribution in [3.8, 4) is 18.0 Å². The topological polar surface area (TPSA) is 186 Å². The Morgan fingerprint density at radius 3 is 2.74 bits per heavy atom. The van der Waals surface area contributed by atoms with Crippen molar-refractivity contribution in [2.75, 3.05) is 13.7 Å². The van der Waals surface area contributed by atoms with Gasteiger partial charge in [-0.2, -0.15) is 0 Å². The molecule has 4 rings (SSSR count). The SMILES string of the molecule is COc1nc(OCCn2c([N+](=O)[O-])cnc2C)nc(OC(=O)C(N)c2c[nH]c3ccccc23)n1. The van der Waals surface area contributed by atoms with Crippen molar-refractivity contribution in [2.45, 2.75) is 19.5 Å². The molecule has 0 aliphatic rings. The van der Waals surface area contributed by atoms with Crippen molar-refractivity contribution in [1.29, 1.82) is 0 Å². The van der Waals surface area contributed by atoms with Crippen LogP contribution in [0.3, 0.4) is 0 Å². The monoisotopic (exact) mass is 468 g/mol. The molecule has 4 aromatic rings. The molecule has 34 heavy (non-hydrogen) atoms. The highest BCUT2D eigenvalue weighted by molar-refractivity contribution is 5.90. The lowest BCUT2D eigenvalue weighted by Gasteiger charge is -2.11. The maximum Gasteiger partial charge on any atom is 0.342 e. The van der Waals surface area contributed by atoms with Crippen LogP contribution in [0.25, 0.3) is 10.9 Å². The molecule has 3 heterocycles. The highest BCUT2D eigenvalue weighted by atomic mass is 16.6. The molecule has 0 fully saturated rings. The van der Waals surface area contributed by atoms with E-state index in [4.69, 9.17) is 19.9 Å². The summed E-state index contributed by atoms with van der Waals surface area (Å²) >= 11 is 0. The number of fused-ring (bicyclic) bond motifs is 1. The van der Waals surface area contributed by atoms with E-state index in [1.165, 1.54) is 11.7 Å². The number of aromatic amines is 1. The van der Waals surface area contributed by atoms with Gasteiger partial charge < -0.3 is 35.0 Å². The summed E-state index contributed by atoms with van der Waals surface area (Å²) in [5, 5.41) is 11.9. The van der Waals surface area contributed by atoms with Crippen LogP contribution in [0.5, 0.6) is 18.0 Å². The number of nitrogens with one attached hydrogen (secondary N) is 1. The molecular formula is C20H20N8O6. The van der Waals surface area contributed by atoms with E-state index in [2.05, 4.69) is 24.9 Å². The van der Waals surface area contributed by atoms with Crippen molar-refractivity contribution < 1.29 is 23.9 Å². The lowest BCUT2D eigenvalue weighted by Crippen LogP contribution is -2.26. The third-order valence-corrected chi connectivity index (χ3v) is 4.93. The first-order valence-electron chi connectivity index (χ1n) is 10.00. The van der Waals surface area contributed by atoms with Crippen LogP contribution < -0.4 is 19.9 Å². The molecule has 0 amide bonds. The number of hydrogen-bond donors (Lipinski definition) is 2. The van der Waals surface area contributed by atoms with Gasteiger partial charge in [0, 0.05) is 29.6 Å². The third-order valence-electron chi connectivity index (χ3n) is 4.93. The lowest BCUT2D eigenvalue weighted by molar-refractivity contribution is -0.392. The van der Waals surface area contributed by atoms with Crippen LogP contribution >= 0.6 is 0 Å². The first-order valence-corrected chi connectivity index (χ1v) is 10.00. The molecule has 0 aliphatic carbocycles. The molecule has 0 spiro atoms. The van der Waals surface area contributed by atoms with Crippen molar-refractivity contribution in [3.63, 3.8) is 0 Å². The van der Waals surface area contributed by atoms with Gasteiger partial charge in [0.25, 0.3) is 0 Å². The van der Waals surface area contributed by atoms with Gasteiger partial charge >= 0.3 is 29.8 Å². The van der Waals surface area contributed by atoms with Crippen LogP contribution in [0.1, 0.15) is 17.4 Å². The number of rotatable bonds is 9. The van der Waals surface area contributed by atoms with E-state index in [0.717, 1.165) is 17.1 Å². The maximum atomic E-state index is 12.7. The Hall–Kier alpha value is -4.59. The smallest absolute Gasteiger partial charge is 0.342 e. The summed E-state index contributed by atoms with van der Waals surface area (Å²) in [6, 6.07) is 5.56. The Morgan fingerprint density at radius 1 is 1.24 bits per heavy atom. The summed E-state index contributed by atoms with van der Waals surface area (Å²) in [5.74, 6) is -0.520. The van der Waals surface area contributed by atoms with E-state index in [0.29, 0.717) is 11.4 Å². The van der Waals surface area contributed by atoms with E-state index < -0.39 is 16.9 Å². The van der Waals surface area contributed by atoms with Crippen molar-refractivity contribution in [1.82, 2.24) is 29.5 Å². The van der Waals surface area contributed by atoms with E-state index in [1.807, 2.05) is 24.3 Å². The van der Waals surface area contributed by atoms with Crippen LogP contribution in [-0.2, 0) is 11.3 Å². The van der Waals surface area contributed by atoms with Gasteiger partial charge in [0.2, 0.25) is 0 Å². The molecule has 14 nitrogen and oxygen atoms in total. The fourth-order valence-electron chi connectivity index (χ4n) is 3.26. The molecule has 3 N–H and O–H groups in total. The Balaban J connectivity index is 1.46. The van der Waals surface area contributed by atoms with Gasteiger partial charge in [-0.1, -0.05) is 18.2 Å². The number of nitrogens with two attached hydrogens (primary N) is 1. The second-order valence-electron chi connectivity index (χ2n) is 7.00. The predicted molar refractivity (Wildman–Crippen MR) is 116 cm³/mol. The molecule has 0 aliphatic heterocycles. The summed E-state index contributed by atoms with van der Waals surface area (Å²) < 4.78 is 17.1. The number of nitro groups is 1. The number of para-hydroxylation sites is 1. The lowest BCUT2D eigenvalue weighted by atomic mass is 10.1. The van der Waals surface area contributed by atoms with Gasteiger partial charge in [-0.3, -0.25) is 0 Å². The zero-order chi connectivity index (χ0) is 24.2. The fourth-order valence-corrected chi connectivity index (χ4v) is 3.26. The minimum absolute atomic E-state index is 0.0343. The second-order valence-corrected chi connectivity index (χ2v) is 7.00. The molecule has 0 radical (unpaired) electrons. The van der Waals surface area contributed by atoms with Gasteiger partial charge in [-0.25, -0.2) is 14.3 Å². The number of nitrogens with zero attached hydrogens (tertiary/aromatic N) is 6. The Morgan fingerprint density at radius 2 is 1.97 bits per heavy atom. The van der Waals surface area contributed by atoms with Gasteiger partial charge in [-0.15, -0.1) is 15.0 Å². The molecule has 1 unspecified atom stereocenters. The van der Waals surface area contributed by atoms with Crippen molar-refractivity contribution >= 4 is 22.7 Å². The number of benzene rings is 1. The first kappa shape index (κ1) is 22.6. The maximum absolute atomic E-state index is 12.7. The number of H-pyrrole nitrogens is 1. The average Bonchev–Trinajstić information content (AvgIpc) is 3.42. The number of hydrogen-bond acceptors (Lipinski definition) is 11. The standard InChI is InChI=1S/C20H20N8O6/c1-11-22-10-15(28(30)31)27(11)7-8-33-19-24-18(32-2)25-20(26-19)34-17(29)16(21)13-9-23-14-6-4-3-5-12(13)14/h3-6,9-10,16,23H,7-8,21H2,1-2H3. The van der Waals surface area contributed by atoms with Crippen LogP contribution in [0, 0.1) is 17.0 Å². The number of carbonyl (C=O) groups is 1. The average molecular weight is 468 g/mol. The zero-order valence-corrected chi connectivity index (χ0v) is 18.2. The molecule has 1 atom stereocenters. The third kappa shape index (κ3) is 4.61. The number of carbonyl (C=O) groups excluding carboxylic acids is 1. The molecule has 0 saturated heterocycles. The van der Waals surface area contributed by atoms with Gasteiger partial charge in [-0.05, 0) is 11.0 Å². The summed E-state index contributed by atoms with van der Waals surface area (Å²) in [7, 11) is 1.32. The Kier molecular flexibility index (Phi) is 6.31. The zero-order valence-electron chi connectivity index (χ0n) is 18.2. The fraction of sp³-hybridized carbons (Fsp3) is 0.250. The molecule has 14 heteroatoms. The minimum Gasteiger partial charge on any atom is -0.467 e. The number of aromatic nitrogens is 6. The van der Waals surface area contributed by atoms with E-state index in [9.17, 15) is 14.9 Å². The molecular weight excluding hydrogens is 448 g/mol. The minimum atomic E-state index is -1.10. The van der Waals surface area contributed by atoms with Crippen LogP contribution in [-0.4, -0.2) is 54.1 Å². The van der Waals surface area contributed by atoms with Crippen molar-refractivity contribution in [3.05, 3.63) is 58.2 Å². The Bertz CT molecular complexity index is 1350. The predicted octanol–water partition coefficient (Wildman–Crippen LogP) is 1.46. The van der Waals surface area contributed by atoms with Crippen LogP contribution in [0.2, 0.25) is 0 Å². The summed E-state index contributed by atoms with van der Waals surface area (Å²) in [6.07, 6.45) is 2.80. The highest BCUT2D eigenvalue weighted by Crippen LogP contribution is 2.24. The van der Waals surface area contributed by atoms with Gasteiger partial charge in [0.05, 0.1) is 7.11 Å². The molecule has 0 bridgehead atoms. The summed E-state index contributed by atoms with van der Waals surface area (Å²) in [6.45, 7) is 1.71. The largest absolute Gasteiger partial charge is 0.467 e. The normalized spacial score (nSPS) is 11.9. The van der Waals surface area contributed by atoms with Crippen LogP contribution in [0.15, 0.2) is 36.7 Å². The number of methoxy groups -OCH3 is 1. The molecule has 176 valence electrons. The quantitative estimate of drug-likeness (QED) is 0.206. The van der Waals surface area contributed by atoms with E-state index in [-0.39, 0.29) is 37.0 Å². The molecule has 3 aromatic heterocycles. The summed E-state index contributed by atoms with van der Waals surface area (Å²) in [5.41, 5.74) is 7.48. The molecule has 1 aromatic carbocycles. The van der Waals surface area contributed by atoms with E-state index >= 15 is 0 Å². The number of imidazole rings is 1. The number of aryl methyl sites for hydroxylation is 1. The molecule has 0 saturated carbocycles.